The van der Waals surface area contributed by atoms with Gasteiger partial charge in [0.1, 0.15) is 0 Å². The zero-order valence-corrected chi connectivity index (χ0v) is 20.9. The number of benzene rings is 2. The van der Waals surface area contributed by atoms with Crippen LogP contribution in [0.2, 0.25) is 0 Å². The summed E-state index contributed by atoms with van der Waals surface area (Å²) in [5.74, 6) is -2.76. The van der Waals surface area contributed by atoms with Crippen LogP contribution in [0.3, 0.4) is 0 Å². The molecule has 202 valence electrons. The molecular formula is C29H27F3N4O3. The van der Waals surface area contributed by atoms with Crippen LogP contribution in [0.4, 0.5) is 13.2 Å². The Labute approximate surface area is 223 Å². The van der Waals surface area contributed by atoms with E-state index in [-0.39, 0.29) is 5.91 Å². The van der Waals surface area contributed by atoms with Crippen molar-refractivity contribution in [2.75, 3.05) is 13.1 Å². The lowest BCUT2D eigenvalue weighted by Crippen LogP contribution is -2.31. The lowest BCUT2D eigenvalue weighted by atomic mass is 10.0. The zero-order valence-electron chi connectivity index (χ0n) is 20.9. The lowest BCUT2D eigenvalue weighted by molar-refractivity contribution is -0.192. The van der Waals surface area contributed by atoms with Gasteiger partial charge in [-0.25, -0.2) is 4.79 Å². The van der Waals surface area contributed by atoms with Gasteiger partial charge in [0.2, 0.25) is 0 Å². The summed E-state index contributed by atoms with van der Waals surface area (Å²) in [7, 11) is 0. The number of carboxylic acid groups (broad SMARTS) is 1. The quantitative estimate of drug-likeness (QED) is 0.249. The van der Waals surface area contributed by atoms with E-state index in [1.807, 2.05) is 24.4 Å². The highest BCUT2D eigenvalue weighted by molar-refractivity contribution is 5.97. The Kier molecular flexibility index (Phi) is 8.77. The maximum atomic E-state index is 12.1. The molecular weight excluding hydrogens is 509 g/mol. The number of hydrogen-bond donors (Lipinski definition) is 4. The van der Waals surface area contributed by atoms with Gasteiger partial charge in [-0.2, -0.15) is 13.2 Å². The Hall–Kier alpha value is -4.44. The van der Waals surface area contributed by atoms with Crippen LogP contribution in [0.5, 0.6) is 0 Å². The molecule has 1 aliphatic rings. The molecule has 5 rings (SSSR count). The number of carbonyl (C=O) groups is 2. The Balaban J connectivity index is 0.000000448. The first kappa shape index (κ1) is 27.6. The SMILES string of the molecule is O=C(O)C(F)(F)F.O=C1NCCc2[nH]c(-c3ccnc(-c4cccc(CNCCc5ccccc5)c4)c3)cc21. The number of carboxylic acids is 1. The third kappa shape index (κ3) is 7.55. The lowest BCUT2D eigenvalue weighted by Gasteiger charge is -2.11. The first-order chi connectivity index (χ1) is 18.7. The van der Waals surface area contributed by atoms with Crippen molar-refractivity contribution in [3.8, 4) is 22.5 Å². The van der Waals surface area contributed by atoms with Gasteiger partial charge in [-0.3, -0.25) is 9.78 Å². The summed E-state index contributed by atoms with van der Waals surface area (Å²) in [5.41, 5.74) is 8.32. The molecule has 0 spiro atoms. The fourth-order valence-electron chi connectivity index (χ4n) is 4.16. The molecule has 0 saturated carbocycles. The van der Waals surface area contributed by atoms with Crippen molar-refractivity contribution >= 4 is 11.9 Å². The molecule has 1 aliphatic heterocycles. The van der Waals surface area contributed by atoms with E-state index in [1.54, 1.807) is 0 Å². The predicted octanol–water partition coefficient (Wildman–Crippen LogP) is 5.00. The molecule has 0 atom stereocenters. The number of alkyl halides is 3. The first-order valence-electron chi connectivity index (χ1n) is 12.3. The molecule has 4 N–H and O–H groups in total. The van der Waals surface area contributed by atoms with Crippen molar-refractivity contribution < 1.29 is 27.9 Å². The molecule has 0 unspecified atom stereocenters. The van der Waals surface area contributed by atoms with E-state index in [4.69, 9.17) is 9.90 Å². The standard InChI is InChI=1S/C27H26N4O.C2HF3O2/c32-27-23-17-26(31-24(23)11-14-30-27)22-10-13-29-25(16-22)21-8-4-7-20(15-21)18-28-12-9-19-5-2-1-3-6-19;3-2(4,5)1(6)7/h1-8,10,13,15-17,28,31H,9,11-12,14,18H2,(H,30,32);(H,6,7). The Bertz CT molecular complexity index is 1440. The third-order valence-corrected chi connectivity index (χ3v) is 6.10. The number of pyridine rings is 1. The normalized spacial score (nSPS) is 12.6. The van der Waals surface area contributed by atoms with E-state index in [2.05, 4.69) is 75.2 Å². The topological polar surface area (TPSA) is 107 Å². The minimum Gasteiger partial charge on any atom is -0.475 e. The highest BCUT2D eigenvalue weighted by atomic mass is 19.4. The maximum absolute atomic E-state index is 12.1. The number of amides is 1. The van der Waals surface area contributed by atoms with E-state index in [1.165, 1.54) is 11.1 Å². The van der Waals surface area contributed by atoms with Gasteiger partial charge >= 0.3 is 12.1 Å². The summed E-state index contributed by atoms with van der Waals surface area (Å²) in [6.45, 7) is 2.44. The van der Waals surface area contributed by atoms with Gasteiger partial charge in [0.25, 0.3) is 5.91 Å². The van der Waals surface area contributed by atoms with Crippen molar-refractivity contribution in [3.63, 3.8) is 0 Å². The molecule has 7 nitrogen and oxygen atoms in total. The number of carbonyl (C=O) groups excluding carboxylic acids is 1. The maximum Gasteiger partial charge on any atom is 0.490 e. The van der Waals surface area contributed by atoms with Crippen LogP contribution >= 0.6 is 0 Å². The van der Waals surface area contributed by atoms with Crippen LogP contribution < -0.4 is 10.6 Å². The van der Waals surface area contributed by atoms with Crippen LogP contribution in [-0.2, 0) is 24.2 Å². The number of nitrogens with one attached hydrogen (secondary N) is 3. The van der Waals surface area contributed by atoms with E-state index < -0.39 is 12.1 Å². The van der Waals surface area contributed by atoms with E-state index in [0.717, 1.165) is 59.7 Å². The fraction of sp³-hybridized carbons (Fsp3) is 0.207. The van der Waals surface area contributed by atoms with Gasteiger partial charge in [-0.05, 0) is 48.4 Å². The summed E-state index contributed by atoms with van der Waals surface area (Å²) in [5, 5.41) is 13.6. The second-order valence-electron chi connectivity index (χ2n) is 8.93. The predicted molar refractivity (Wildman–Crippen MR) is 141 cm³/mol. The molecule has 0 radical (unpaired) electrons. The van der Waals surface area contributed by atoms with Gasteiger partial charge < -0.3 is 20.7 Å². The molecule has 10 heteroatoms. The summed E-state index contributed by atoms with van der Waals surface area (Å²) in [4.78, 5) is 29.0. The fourth-order valence-corrected chi connectivity index (χ4v) is 4.16. The summed E-state index contributed by atoms with van der Waals surface area (Å²) < 4.78 is 31.7. The van der Waals surface area contributed by atoms with Gasteiger partial charge in [-0.1, -0.05) is 48.5 Å². The third-order valence-electron chi connectivity index (χ3n) is 6.10. The molecule has 0 bridgehead atoms. The second-order valence-corrected chi connectivity index (χ2v) is 8.93. The Morgan fingerprint density at radius 2 is 1.72 bits per heavy atom. The smallest absolute Gasteiger partial charge is 0.475 e. The molecule has 2 aromatic carbocycles. The van der Waals surface area contributed by atoms with Gasteiger partial charge in [-0.15, -0.1) is 0 Å². The minimum absolute atomic E-state index is 0.00417. The number of aromatic amines is 1. The van der Waals surface area contributed by atoms with Gasteiger partial charge in [0, 0.05) is 48.2 Å². The molecule has 2 aromatic heterocycles. The Morgan fingerprint density at radius 1 is 0.974 bits per heavy atom. The number of hydrogen-bond acceptors (Lipinski definition) is 4. The van der Waals surface area contributed by atoms with Gasteiger partial charge in [0.05, 0.1) is 11.3 Å². The summed E-state index contributed by atoms with van der Waals surface area (Å²) in [6.07, 6.45) is -1.41. The zero-order chi connectivity index (χ0) is 27.8. The largest absolute Gasteiger partial charge is 0.490 e. The highest BCUT2D eigenvalue weighted by Crippen LogP contribution is 2.27. The van der Waals surface area contributed by atoms with E-state index >= 15 is 0 Å². The minimum atomic E-state index is -5.08. The van der Waals surface area contributed by atoms with Crippen molar-refractivity contribution in [1.29, 1.82) is 0 Å². The van der Waals surface area contributed by atoms with Crippen molar-refractivity contribution in [2.24, 2.45) is 0 Å². The molecule has 4 aromatic rings. The number of nitrogens with zero attached hydrogens (tertiary/aromatic N) is 1. The van der Waals surface area contributed by atoms with Gasteiger partial charge in [0.15, 0.2) is 0 Å². The summed E-state index contributed by atoms with van der Waals surface area (Å²) in [6, 6.07) is 25.0. The number of halogens is 3. The summed E-state index contributed by atoms with van der Waals surface area (Å²) >= 11 is 0. The number of rotatable bonds is 7. The van der Waals surface area contributed by atoms with Crippen LogP contribution in [0.15, 0.2) is 79.0 Å². The van der Waals surface area contributed by atoms with Crippen LogP contribution in [0.25, 0.3) is 22.5 Å². The number of aromatic nitrogens is 2. The second kappa shape index (κ2) is 12.4. The average molecular weight is 537 g/mol. The molecule has 39 heavy (non-hydrogen) atoms. The monoisotopic (exact) mass is 536 g/mol. The van der Waals surface area contributed by atoms with Crippen LogP contribution in [-0.4, -0.2) is 46.2 Å². The van der Waals surface area contributed by atoms with Crippen molar-refractivity contribution in [1.82, 2.24) is 20.6 Å². The van der Waals surface area contributed by atoms with Crippen molar-refractivity contribution in [3.05, 3.63) is 101 Å². The highest BCUT2D eigenvalue weighted by Gasteiger charge is 2.38. The number of H-pyrrole nitrogens is 1. The molecule has 3 heterocycles. The van der Waals surface area contributed by atoms with Crippen LogP contribution in [0.1, 0.15) is 27.2 Å². The van der Waals surface area contributed by atoms with Crippen molar-refractivity contribution in [2.45, 2.75) is 25.6 Å². The molecule has 1 amide bonds. The van der Waals surface area contributed by atoms with E-state index in [9.17, 15) is 18.0 Å². The average Bonchev–Trinajstić information content (AvgIpc) is 3.38. The molecule has 0 fully saturated rings. The Morgan fingerprint density at radius 3 is 2.44 bits per heavy atom. The van der Waals surface area contributed by atoms with E-state index in [0.29, 0.717) is 6.54 Å². The number of aliphatic carboxylic acids is 1. The number of fused-ring (bicyclic) bond motifs is 1. The molecule has 0 saturated heterocycles. The molecule has 0 aliphatic carbocycles. The first-order valence-corrected chi connectivity index (χ1v) is 12.3. The van der Waals surface area contributed by atoms with Crippen LogP contribution in [0, 0.1) is 0 Å².